The van der Waals surface area contributed by atoms with Gasteiger partial charge in [-0.25, -0.2) is 9.82 Å². The number of nitrogens with zero attached hydrogens (tertiary/aromatic N) is 2. The number of amides is 1. The SMILES string of the molecule is COc1cc2c(cc1/C=N\NC(=O)c1ccccc1F)C(C)CC(C)(C)N2C. The van der Waals surface area contributed by atoms with Crippen molar-refractivity contribution < 1.29 is 13.9 Å². The van der Waals surface area contributed by atoms with E-state index in [1.807, 2.05) is 12.1 Å². The van der Waals surface area contributed by atoms with E-state index in [0.717, 1.165) is 17.7 Å². The molecule has 1 unspecified atom stereocenters. The number of hydrazone groups is 1. The third-order valence-corrected chi connectivity index (χ3v) is 5.47. The van der Waals surface area contributed by atoms with E-state index in [-0.39, 0.29) is 11.1 Å². The smallest absolute Gasteiger partial charge is 0.274 e. The highest BCUT2D eigenvalue weighted by molar-refractivity contribution is 5.95. The van der Waals surface area contributed by atoms with Crippen molar-refractivity contribution in [3.05, 3.63) is 58.9 Å². The molecule has 5 nitrogen and oxygen atoms in total. The summed E-state index contributed by atoms with van der Waals surface area (Å²) < 4.78 is 19.2. The molecule has 1 heterocycles. The molecular weight excluding hydrogens is 357 g/mol. The zero-order valence-corrected chi connectivity index (χ0v) is 16.9. The highest BCUT2D eigenvalue weighted by Gasteiger charge is 2.34. The maximum Gasteiger partial charge on any atom is 0.274 e. The highest BCUT2D eigenvalue weighted by Crippen LogP contribution is 2.44. The fourth-order valence-corrected chi connectivity index (χ4v) is 3.75. The van der Waals surface area contributed by atoms with Gasteiger partial charge in [0.05, 0.1) is 18.9 Å². The van der Waals surface area contributed by atoms with Crippen LogP contribution in [-0.4, -0.2) is 31.8 Å². The zero-order valence-electron chi connectivity index (χ0n) is 16.9. The van der Waals surface area contributed by atoms with Crippen LogP contribution in [0.4, 0.5) is 10.1 Å². The van der Waals surface area contributed by atoms with Gasteiger partial charge in [-0.2, -0.15) is 5.10 Å². The van der Waals surface area contributed by atoms with E-state index in [0.29, 0.717) is 11.7 Å². The number of hydrogen-bond acceptors (Lipinski definition) is 4. The Morgan fingerprint density at radius 1 is 1.36 bits per heavy atom. The highest BCUT2D eigenvalue weighted by atomic mass is 19.1. The second kappa shape index (κ2) is 7.62. The Bertz CT molecular complexity index is 924. The molecule has 1 aliphatic rings. The van der Waals surface area contributed by atoms with Crippen molar-refractivity contribution in [3.63, 3.8) is 0 Å². The van der Waals surface area contributed by atoms with E-state index < -0.39 is 11.7 Å². The standard InChI is InChI=1S/C22H26FN3O2/c1-14-12-22(2,3)26(4)19-11-20(28-5)15(10-17(14)19)13-24-25-21(27)16-8-6-7-9-18(16)23/h6-11,13-14H,12H2,1-5H3,(H,25,27)/b24-13-. The van der Waals surface area contributed by atoms with Gasteiger partial charge in [-0.05, 0) is 49.9 Å². The van der Waals surface area contributed by atoms with Crippen LogP contribution in [0.15, 0.2) is 41.5 Å². The molecule has 0 radical (unpaired) electrons. The van der Waals surface area contributed by atoms with E-state index in [1.54, 1.807) is 13.2 Å². The summed E-state index contributed by atoms with van der Waals surface area (Å²) in [6.07, 6.45) is 2.56. The first-order valence-electron chi connectivity index (χ1n) is 9.28. The second-order valence-electron chi connectivity index (χ2n) is 7.81. The third-order valence-electron chi connectivity index (χ3n) is 5.47. The molecule has 3 rings (SSSR count). The molecule has 2 aromatic rings. The van der Waals surface area contributed by atoms with E-state index in [1.165, 1.54) is 30.0 Å². The number of halogens is 1. The number of carbonyl (C=O) groups is 1. The molecule has 148 valence electrons. The average Bonchev–Trinajstić information content (AvgIpc) is 2.65. The molecule has 1 atom stereocenters. The number of fused-ring (bicyclic) bond motifs is 1. The molecule has 1 aliphatic heterocycles. The maximum absolute atomic E-state index is 13.7. The Hall–Kier alpha value is -2.89. The summed E-state index contributed by atoms with van der Waals surface area (Å²) >= 11 is 0. The van der Waals surface area contributed by atoms with Gasteiger partial charge in [-0.15, -0.1) is 0 Å². The van der Waals surface area contributed by atoms with Crippen LogP contribution in [0, 0.1) is 5.82 Å². The van der Waals surface area contributed by atoms with Gasteiger partial charge < -0.3 is 9.64 Å². The van der Waals surface area contributed by atoms with Crippen molar-refractivity contribution in [2.24, 2.45) is 5.10 Å². The Morgan fingerprint density at radius 2 is 2.07 bits per heavy atom. The van der Waals surface area contributed by atoms with E-state index in [4.69, 9.17) is 4.74 Å². The largest absolute Gasteiger partial charge is 0.496 e. The summed E-state index contributed by atoms with van der Waals surface area (Å²) in [5.41, 5.74) is 5.49. The van der Waals surface area contributed by atoms with Crippen LogP contribution in [0.2, 0.25) is 0 Å². The molecule has 0 saturated carbocycles. The summed E-state index contributed by atoms with van der Waals surface area (Å²) in [5.74, 6) is -0.131. The Kier molecular flexibility index (Phi) is 5.40. The predicted octanol–water partition coefficient (Wildman–Crippen LogP) is 4.32. The normalized spacial score (nSPS) is 18.1. The van der Waals surface area contributed by atoms with Gasteiger partial charge in [0, 0.05) is 29.9 Å². The van der Waals surface area contributed by atoms with Crippen molar-refractivity contribution in [2.45, 2.75) is 38.6 Å². The van der Waals surface area contributed by atoms with Gasteiger partial charge in [0.15, 0.2) is 0 Å². The quantitative estimate of drug-likeness (QED) is 0.632. The van der Waals surface area contributed by atoms with Crippen molar-refractivity contribution in [2.75, 3.05) is 19.1 Å². The van der Waals surface area contributed by atoms with Crippen LogP contribution in [0.1, 0.15) is 54.6 Å². The molecule has 2 aromatic carbocycles. The van der Waals surface area contributed by atoms with Crippen LogP contribution < -0.4 is 15.1 Å². The molecule has 28 heavy (non-hydrogen) atoms. The first-order chi connectivity index (χ1) is 13.2. The first kappa shape index (κ1) is 19.9. The summed E-state index contributed by atoms with van der Waals surface area (Å²) in [7, 11) is 3.70. The summed E-state index contributed by atoms with van der Waals surface area (Å²) in [5, 5.41) is 4.00. The fourth-order valence-electron chi connectivity index (χ4n) is 3.75. The molecule has 1 amide bonds. The number of rotatable bonds is 4. The molecule has 1 N–H and O–H groups in total. The van der Waals surface area contributed by atoms with Crippen molar-refractivity contribution in [3.8, 4) is 5.75 Å². The van der Waals surface area contributed by atoms with E-state index >= 15 is 0 Å². The predicted molar refractivity (Wildman–Crippen MR) is 110 cm³/mol. The minimum atomic E-state index is -0.596. The Balaban J connectivity index is 1.87. The number of hydrogen-bond donors (Lipinski definition) is 1. The zero-order chi connectivity index (χ0) is 20.5. The number of anilines is 1. The first-order valence-corrected chi connectivity index (χ1v) is 9.28. The van der Waals surface area contributed by atoms with E-state index in [9.17, 15) is 9.18 Å². The molecule has 0 aromatic heterocycles. The van der Waals surface area contributed by atoms with Crippen LogP contribution in [0.5, 0.6) is 5.75 Å². The number of nitrogens with one attached hydrogen (secondary N) is 1. The van der Waals surface area contributed by atoms with Crippen LogP contribution in [-0.2, 0) is 0 Å². The minimum Gasteiger partial charge on any atom is -0.496 e. The number of benzene rings is 2. The lowest BCUT2D eigenvalue weighted by Gasteiger charge is -2.45. The lowest BCUT2D eigenvalue weighted by Crippen LogP contribution is -2.45. The molecule has 0 saturated heterocycles. The van der Waals surface area contributed by atoms with E-state index in [2.05, 4.69) is 43.2 Å². The number of carbonyl (C=O) groups excluding carboxylic acids is 1. The fraction of sp³-hybridized carbons (Fsp3) is 0.364. The summed E-state index contributed by atoms with van der Waals surface area (Å²) in [6.45, 7) is 6.67. The lowest BCUT2D eigenvalue weighted by atomic mass is 9.80. The van der Waals surface area contributed by atoms with Gasteiger partial charge >= 0.3 is 0 Å². The lowest BCUT2D eigenvalue weighted by molar-refractivity contribution is 0.0951. The summed E-state index contributed by atoms with van der Waals surface area (Å²) in [4.78, 5) is 14.4. The Morgan fingerprint density at radius 3 is 2.75 bits per heavy atom. The molecule has 0 fully saturated rings. The molecule has 0 spiro atoms. The van der Waals surface area contributed by atoms with Crippen molar-refractivity contribution in [1.29, 1.82) is 0 Å². The topological polar surface area (TPSA) is 53.9 Å². The van der Waals surface area contributed by atoms with Gasteiger partial charge in [0.2, 0.25) is 0 Å². The molecule has 0 bridgehead atoms. The average molecular weight is 383 g/mol. The van der Waals surface area contributed by atoms with Gasteiger partial charge in [-0.3, -0.25) is 4.79 Å². The minimum absolute atomic E-state index is 0.0467. The maximum atomic E-state index is 13.7. The van der Waals surface area contributed by atoms with Crippen LogP contribution >= 0.6 is 0 Å². The third kappa shape index (κ3) is 3.72. The van der Waals surface area contributed by atoms with Crippen molar-refractivity contribution >= 4 is 17.8 Å². The second-order valence-corrected chi connectivity index (χ2v) is 7.81. The van der Waals surface area contributed by atoms with Crippen LogP contribution in [0.3, 0.4) is 0 Å². The number of methoxy groups -OCH3 is 1. The molecular formula is C22H26FN3O2. The van der Waals surface area contributed by atoms with Crippen LogP contribution in [0.25, 0.3) is 0 Å². The monoisotopic (exact) mass is 383 g/mol. The Labute approximate surface area is 165 Å². The van der Waals surface area contributed by atoms with Crippen molar-refractivity contribution in [1.82, 2.24) is 5.43 Å². The summed E-state index contributed by atoms with van der Waals surface area (Å²) in [6, 6.07) is 9.85. The van der Waals surface area contributed by atoms with Gasteiger partial charge in [0.25, 0.3) is 5.91 Å². The molecule has 0 aliphatic carbocycles. The van der Waals surface area contributed by atoms with Gasteiger partial charge in [0.1, 0.15) is 11.6 Å². The molecule has 6 heteroatoms. The van der Waals surface area contributed by atoms with Gasteiger partial charge in [-0.1, -0.05) is 19.1 Å². The number of ether oxygens (including phenoxy) is 1.